The van der Waals surface area contributed by atoms with Gasteiger partial charge in [-0.05, 0) is 35.4 Å². The van der Waals surface area contributed by atoms with Gasteiger partial charge >= 0.3 is 11.9 Å². The van der Waals surface area contributed by atoms with Gasteiger partial charge in [-0.3, -0.25) is 29.0 Å². The van der Waals surface area contributed by atoms with E-state index >= 15 is 0 Å². The van der Waals surface area contributed by atoms with Crippen molar-refractivity contribution in [3.05, 3.63) is 86.4 Å². The largest absolute Gasteiger partial charge is 0.456 e. The number of nitro benzene ring substituents is 1. The number of fused-ring (bicyclic) bond motifs is 4. The van der Waals surface area contributed by atoms with E-state index in [-0.39, 0.29) is 18.0 Å². The molecule has 0 radical (unpaired) electrons. The summed E-state index contributed by atoms with van der Waals surface area (Å²) in [5, 5.41) is 13.7. The lowest BCUT2D eigenvalue weighted by molar-refractivity contribution is -0.384. The number of benzene rings is 2. The van der Waals surface area contributed by atoms with Crippen LogP contribution in [0.15, 0.2) is 65.1 Å². The van der Waals surface area contributed by atoms with Gasteiger partial charge in [0.2, 0.25) is 0 Å². The van der Waals surface area contributed by atoms with Crippen molar-refractivity contribution < 1.29 is 28.8 Å². The zero-order valence-electron chi connectivity index (χ0n) is 20.0. The number of carbonyl (C=O) groups excluding carboxylic acids is 3. The van der Waals surface area contributed by atoms with Crippen LogP contribution in [0.2, 0.25) is 0 Å². The molecular weight excluding hydrogens is 612 g/mol. The molecule has 0 N–H and O–H groups in total. The van der Waals surface area contributed by atoms with E-state index < -0.39 is 38.6 Å². The Morgan fingerprint density at radius 1 is 1.26 bits per heavy atom. The minimum atomic E-state index is -1.33. The Balaban J connectivity index is 1.22. The fourth-order valence-corrected chi connectivity index (χ4v) is 7.64. The van der Waals surface area contributed by atoms with Gasteiger partial charge < -0.3 is 9.47 Å². The van der Waals surface area contributed by atoms with Crippen LogP contribution >= 0.6 is 39.0 Å². The standard InChI is InChI=1S/C25H17BrN4O7S2/c1-13(31)37-20(15-4-7-17-18(10-15)28-8-9-38-24(28)27-17)25(26)22(33)29-19(12-39-23(25)29)21(32)36-11-14-2-5-16(6-3-14)30(34)35/h2-10,12,20,23H,11H2,1H3/t20?,23-,25?/m1/s1. The van der Waals surface area contributed by atoms with Crippen LogP contribution in [0.4, 0.5) is 5.69 Å². The maximum atomic E-state index is 13.6. The van der Waals surface area contributed by atoms with Crippen LogP contribution in [-0.2, 0) is 30.5 Å². The first-order valence-electron chi connectivity index (χ1n) is 11.5. The lowest BCUT2D eigenvalue weighted by atomic mass is 9.86. The Bertz CT molecular complexity index is 1720. The number of nitrogens with zero attached hydrogens (tertiary/aromatic N) is 4. The summed E-state index contributed by atoms with van der Waals surface area (Å²) < 4.78 is 11.7. The first-order valence-corrected chi connectivity index (χ1v) is 14.1. The molecule has 198 valence electrons. The van der Waals surface area contributed by atoms with Gasteiger partial charge in [0.15, 0.2) is 15.4 Å². The van der Waals surface area contributed by atoms with Crippen LogP contribution in [0, 0.1) is 10.1 Å². The fraction of sp³-hybridized carbons (Fsp3) is 0.200. The van der Waals surface area contributed by atoms with E-state index in [1.807, 2.05) is 28.1 Å². The van der Waals surface area contributed by atoms with Gasteiger partial charge in [-0.25, -0.2) is 9.78 Å². The summed E-state index contributed by atoms with van der Waals surface area (Å²) in [6.45, 7) is 1.16. The summed E-state index contributed by atoms with van der Waals surface area (Å²) in [5.74, 6) is -1.72. The Hall–Kier alpha value is -3.75. The minimum Gasteiger partial charge on any atom is -0.456 e. The maximum absolute atomic E-state index is 13.6. The molecule has 2 aliphatic rings. The number of thiazole rings is 1. The van der Waals surface area contributed by atoms with Crippen LogP contribution in [0.5, 0.6) is 0 Å². The molecule has 2 aromatic heterocycles. The first kappa shape index (κ1) is 25.5. The van der Waals surface area contributed by atoms with Crippen LogP contribution in [-0.4, -0.2) is 46.8 Å². The van der Waals surface area contributed by atoms with E-state index in [4.69, 9.17) is 9.47 Å². The van der Waals surface area contributed by atoms with Gasteiger partial charge in [-0.15, -0.1) is 23.1 Å². The second kappa shape index (κ2) is 9.47. The predicted octanol–water partition coefficient (Wildman–Crippen LogP) is 4.70. The van der Waals surface area contributed by atoms with E-state index in [0.29, 0.717) is 11.1 Å². The average molecular weight is 629 g/mol. The van der Waals surface area contributed by atoms with Crippen molar-refractivity contribution in [2.75, 3.05) is 0 Å². The number of halogens is 1. The van der Waals surface area contributed by atoms with Crippen LogP contribution in [0.25, 0.3) is 16.0 Å². The number of aromatic nitrogens is 2. The van der Waals surface area contributed by atoms with Gasteiger partial charge in [0.1, 0.15) is 17.7 Å². The molecule has 11 nitrogen and oxygen atoms in total. The first-order chi connectivity index (χ1) is 18.7. The van der Waals surface area contributed by atoms with Gasteiger partial charge in [0.25, 0.3) is 11.6 Å². The van der Waals surface area contributed by atoms with E-state index in [1.165, 1.54) is 59.2 Å². The van der Waals surface area contributed by atoms with Crippen molar-refractivity contribution in [2.45, 2.75) is 29.3 Å². The molecule has 4 heterocycles. The topological polar surface area (TPSA) is 133 Å². The Morgan fingerprint density at radius 2 is 2.03 bits per heavy atom. The zero-order valence-corrected chi connectivity index (χ0v) is 23.2. The summed E-state index contributed by atoms with van der Waals surface area (Å²) in [7, 11) is 0. The number of β-lactam (4-membered cyclic amide) rings is 1. The number of hydrogen-bond donors (Lipinski definition) is 0. The van der Waals surface area contributed by atoms with Gasteiger partial charge in [0.05, 0.1) is 16.0 Å². The summed E-state index contributed by atoms with van der Waals surface area (Å²) in [5.41, 5.74) is 2.74. The Morgan fingerprint density at radius 3 is 2.74 bits per heavy atom. The number of rotatable bonds is 7. The normalized spacial score (nSPS) is 20.9. The van der Waals surface area contributed by atoms with E-state index in [2.05, 4.69) is 20.9 Å². The summed E-state index contributed by atoms with van der Waals surface area (Å²) >= 11 is 6.32. The highest BCUT2D eigenvalue weighted by Gasteiger charge is 2.69. The van der Waals surface area contributed by atoms with Crippen molar-refractivity contribution >= 4 is 78.6 Å². The smallest absolute Gasteiger partial charge is 0.355 e. The molecule has 1 fully saturated rings. The molecule has 4 aromatic rings. The average Bonchev–Trinajstić information content (AvgIpc) is 3.63. The summed E-state index contributed by atoms with van der Waals surface area (Å²) in [4.78, 5) is 55.6. The molecule has 0 aliphatic carbocycles. The number of amides is 1. The molecule has 6 rings (SSSR count). The number of alkyl halides is 1. The highest BCUT2D eigenvalue weighted by atomic mass is 79.9. The van der Waals surface area contributed by atoms with Crippen LogP contribution in [0.3, 0.4) is 0 Å². The SMILES string of the molecule is CC(=O)OC(c1ccc2nc3sccn3c2c1)C1(Br)C(=O)N2C(C(=O)OCc3ccc([N+](=O)[O-])cc3)=CS[C@@H]21. The molecule has 2 aromatic carbocycles. The predicted molar refractivity (Wildman–Crippen MR) is 146 cm³/mol. The number of ether oxygens (including phenoxy) is 2. The molecular formula is C25H17BrN4O7S2. The third-order valence-corrected chi connectivity index (χ3v) is 9.92. The Kier molecular flexibility index (Phi) is 6.19. The molecule has 1 amide bonds. The van der Waals surface area contributed by atoms with Gasteiger partial charge in [-0.1, -0.05) is 22.0 Å². The number of imidazole rings is 1. The van der Waals surface area contributed by atoms with Crippen molar-refractivity contribution in [1.82, 2.24) is 14.3 Å². The highest BCUT2D eigenvalue weighted by Crippen LogP contribution is 2.58. The van der Waals surface area contributed by atoms with Crippen molar-refractivity contribution in [3.8, 4) is 0 Å². The fourth-order valence-electron chi connectivity index (χ4n) is 4.62. The Labute approximate surface area is 236 Å². The monoisotopic (exact) mass is 628 g/mol. The third-order valence-electron chi connectivity index (χ3n) is 6.47. The van der Waals surface area contributed by atoms with E-state index in [0.717, 1.165) is 16.0 Å². The van der Waals surface area contributed by atoms with Gasteiger partial charge in [-0.2, -0.15) is 0 Å². The van der Waals surface area contributed by atoms with Gasteiger partial charge in [0, 0.05) is 36.0 Å². The number of non-ortho nitro benzene ring substituents is 1. The molecule has 1 saturated heterocycles. The van der Waals surface area contributed by atoms with E-state index in [9.17, 15) is 24.5 Å². The summed E-state index contributed by atoms with van der Waals surface area (Å²) in [6, 6.07) is 11.1. The number of nitro groups is 1. The number of hydrogen-bond acceptors (Lipinski definition) is 10. The molecule has 14 heteroatoms. The van der Waals surface area contributed by atoms with Crippen molar-refractivity contribution in [1.29, 1.82) is 0 Å². The maximum Gasteiger partial charge on any atom is 0.355 e. The third kappa shape index (κ3) is 4.10. The second-order valence-electron chi connectivity index (χ2n) is 8.84. The molecule has 3 atom stereocenters. The minimum absolute atomic E-state index is 0.0692. The van der Waals surface area contributed by atoms with E-state index in [1.54, 1.807) is 11.5 Å². The lowest BCUT2D eigenvalue weighted by Crippen LogP contribution is -2.70. The number of carbonyl (C=O) groups is 3. The summed E-state index contributed by atoms with van der Waals surface area (Å²) in [6.07, 6.45) is 0.916. The van der Waals surface area contributed by atoms with Crippen LogP contribution in [0.1, 0.15) is 24.2 Å². The molecule has 0 bridgehead atoms. The molecule has 39 heavy (non-hydrogen) atoms. The highest BCUT2D eigenvalue weighted by molar-refractivity contribution is 9.10. The molecule has 2 aliphatic heterocycles. The lowest BCUT2D eigenvalue weighted by Gasteiger charge is -2.51. The number of esters is 2. The molecule has 2 unspecified atom stereocenters. The quantitative estimate of drug-likeness (QED) is 0.0938. The molecule has 0 saturated carbocycles. The number of thioether (sulfide) groups is 1. The van der Waals surface area contributed by atoms with Crippen LogP contribution < -0.4 is 0 Å². The zero-order chi connectivity index (χ0) is 27.5. The van der Waals surface area contributed by atoms with Crippen molar-refractivity contribution in [2.24, 2.45) is 0 Å². The molecule has 0 spiro atoms. The second-order valence-corrected chi connectivity index (χ2v) is 12.0. The van der Waals surface area contributed by atoms with Crippen molar-refractivity contribution in [3.63, 3.8) is 0 Å².